The highest BCUT2D eigenvalue weighted by molar-refractivity contribution is 7.89. The van der Waals surface area contributed by atoms with Crippen LogP contribution in [0.5, 0.6) is 0 Å². The van der Waals surface area contributed by atoms with E-state index in [0.29, 0.717) is 13.1 Å². The second-order valence-corrected chi connectivity index (χ2v) is 10.3. The Morgan fingerprint density at radius 3 is 2.52 bits per heavy atom. The predicted octanol–water partition coefficient (Wildman–Crippen LogP) is 1.68. The molecule has 0 spiro atoms. The van der Waals surface area contributed by atoms with Gasteiger partial charge in [-0.25, -0.2) is 13.4 Å². The van der Waals surface area contributed by atoms with Gasteiger partial charge in [0.05, 0.1) is 20.1 Å². The second kappa shape index (κ2) is 7.83. The van der Waals surface area contributed by atoms with E-state index in [9.17, 15) is 13.2 Å². The molecule has 0 aliphatic carbocycles. The van der Waals surface area contributed by atoms with Crippen molar-refractivity contribution in [3.05, 3.63) is 23.2 Å². The molecule has 1 amide bonds. The number of carbonyl (C=O) groups is 1. The molecule has 9 heteroatoms. The maximum atomic E-state index is 12.9. The van der Waals surface area contributed by atoms with Crippen molar-refractivity contribution in [1.82, 2.24) is 19.5 Å². The summed E-state index contributed by atoms with van der Waals surface area (Å²) in [6, 6.07) is 4.10. The van der Waals surface area contributed by atoms with Gasteiger partial charge in [-0.15, -0.1) is 11.3 Å². The molecule has 1 atom stereocenters. The van der Waals surface area contributed by atoms with Crippen molar-refractivity contribution in [2.24, 2.45) is 5.92 Å². The first kappa shape index (κ1) is 20.2. The summed E-state index contributed by atoms with van der Waals surface area (Å²) in [5.41, 5.74) is 0.783. The number of aryl methyl sites for hydroxylation is 1. The van der Waals surface area contributed by atoms with Crippen LogP contribution in [0.3, 0.4) is 0 Å². The Labute approximate surface area is 164 Å². The van der Waals surface area contributed by atoms with Crippen molar-refractivity contribution in [3.8, 4) is 0 Å². The fourth-order valence-electron chi connectivity index (χ4n) is 3.12. The Hall–Kier alpha value is -1.55. The van der Waals surface area contributed by atoms with Crippen LogP contribution in [-0.2, 0) is 14.8 Å². The van der Waals surface area contributed by atoms with Crippen molar-refractivity contribution in [3.63, 3.8) is 0 Å². The Morgan fingerprint density at radius 2 is 1.89 bits per heavy atom. The topological polar surface area (TPSA) is 82.6 Å². The lowest BCUT2D eigenvalue weighted by Crippen LogP contribution is -2.55. The molecule has 1 saturated heterocycles. The molecule has 1 fully saturated rings. The predicted molar refractivity (Wildman–Crippen MR) is 107 cm³/mol. The van der Waals surface area contributed by atoms with E-state index in [2.05, 4.69) is 14.6 Å². The van der Waals surface area contributed by atoms with E-state index in [1.165, 1.54) is 11.3 Å². The number of rotatable bonds is 5. The number of hydrogen-bond acceptors (Lipinski definition) is 6. The number of thiazole rings is 1. The van der Waals surface area contributed by atoms with E-state index < -0.39 is 16.1 Å². The average molecular weight is 411 g/mol. The van der Waals surface area contributed by atoms with Crippen molar-refractivity contribution in [2.75, 3.05) is 33.2 Å². The molecule has 148 valence electrons. The van der Waals surface area contributed by atoms with Gasteiger partial charge in [-0.05, 0) is 38.1 Å². The summed E-state index contributed by atoms with van der Waals surface area (Å²) < 4.78 is 29.3. The summed E-state index contributed by atoms with van der Waals surface area (Å²) in [5, 5.41) is 0.887. The summed E-state index contributed by atoms with van der Waals surface area (Å²) in [5.74, 6) is -0.308. The lowest BCUT2D eigenvalue weighted by molar-refractivity contribution is -0.135. The first-order chi connectivity index (χ1) is 12.7. The minimum absolute atomic E-state index is 0.152. The lowest BCUT2D eigenvalue weighted by Gasteiger charge is -2.35. The van der Waals surface area contributed by atoms with Gasteiger partial charge in [-0.1, -0.05) is 13.8 Å². The van der Waals surface area contributed by atoms with E-state index in [-0.39, 0.29) is 16.7 Å². The standard InChI is InChI=1S/C18H26N4O3S2/c1-12(2)17(18(23)22-9-7-21(4)8-10-22)20-27(24,25)14-5-6-15-16(11-14)26-13(3)19-15/h5-6,11-12,17,20H,7-10H2,1-4H3. The molecule has 1 aliphatic rings. The fraction of sp³-hybridized carbons (Fsp3) is 0.556. The molecular weight excluding hydrogens is 384 g/mol. The van der Waals surface area contributed by atoms with Gasteiger partial charge in [0.2, 0.25) is 15.9 Å². The quantitative estimate of drug-likeness (QED) is 0.811. The van der Waals surface area contributed by atoms with Gasteiger partial charge in [-0.2, -0.15) is 4.72 Å². The van der Waals surface area contributed by atoms with Crippen molar-refractivity contribution >= 4 is 37.5 Å². The Balaban J connectivity index is 1.82. The van der Waals surface area contributed by atoms with Crippen LogP contribution in [-0.4, -0.2) is 68.4 Å². The molecule has 1 N–H and O–H groups in total. The number of nitrogens with zero attached hydrogens (tertiary/aromatic N) is 3. The van der Waals surface area contributed by atoms with Crippen LogP contribution in [0.4, 0.5) is 0 Å². The number of benzene rings is 1. The average Bonchev–Trinajstić information content (AvgIpc) is 2.98. The van der Waals surface area contributed by atoms with Gasteiger partial charge in [0, 0.05) is 26.2 Å². The van der Waals surface area contributed by atoms with Crippen LogP contribution in [0.15, 0.2) is 23.1 Å². The normalized spacial score (nSPS) is 17.6. The number of aromatic nitrogens is 1. The maximum absolute atomic E-state index is 12.9. The van der Waals surface area contributed by atoms with Gasteiger partial charge < -0.3 is 9.80 Å². The molecule has 1 aromatic heterocycles. The first-order valence-electron chi connectivity index (χ1n) is 9.04. The molecule has 27 heavy (non-hydrogen) atoms. The fourth-order valence-corrected chi connectivity index (χ4v) is 5.42. The molecule has 0 bridgehead atoms. The molecule has 1 aliphatic heterocycles. The molecular formula is C18H26N4O3S2. The van der Waals surface area contributed by atoms with Crippen molar-refractivity contribution in [1.29, 1.82) is 0 Å². The zero-order chi connectivity index (χ0) is 19.8. The summed E-state index contributed by atoms with van der Waals surface area (Å²) in [6.45, 7) is 8.43. The van der Waals surface area contributed by atoms with E-state index in [1.807, 2.05) is 27.8 Å². The van der Waals surface area contributed by atoms with Gasteiger partial charge in [0.15, 0.2) is 0 Å². The SMILES string of the molecule is Cc1nc2ccc(S(=O)(=O)NC(C(=O)N3CCN(C)CC3)C(C)C)cc2s1. The second-order valence-electron chi connectivity index (χ2n) is 7.33. The molecule has 3 rings (SSSR count). The Bertz CT molecular complexity index is 931. The number of sulfonamides is 1. The molecule has 1 unspecified atom stereocenters. The first-order valence-corrected chi connectivity index (χ1v) is 11.3. The summed E-state index contributed by atoms with van der Waals surface area (Å²) in [7, 11) is -1.79. The highest BCUT2D eigenvalue weighted by Gasteiger charge is 2.32. The number of nitrogens with one attached hydrogen (secondary N) is 1. The zero-order valence-corrected chi connectivity index (χ0v) is 17.7. The van der Waals surface area contributed by atoms with E-state index in [0.717, 1.165) is 28.3 Å². The number of carbonyl (C=O) groups excluding carboxylic acids is 1. The van der Waals surface area contributed by atoms with Crippen LogP contribution in [0.1, 0.15) is 18.9 Å². The third kappa shape index (κ3) is 4.48. The number of piperazine rings is 1. The van der Waals surface area contributed by atoms with Gasteiger partial charge in [0.25, 0.3) is 0 Å². The van der Waals surface area contributed by atoms with E-state index in [1.54, 1.807) is 23.1 Å². The monoisotopic (exact) mass is 410 g/mol. The van der Waals surface area contributed by atoms with Gasteiger partial charge in [0.1, 0.15) is 6.04 Å². The smallest absolute Gasteiger partial charge is 0.241 e. The Kier molecular flexibility index (Phi) is 5.85. The highest BCUT2D eigenvalue weighted by Crippen LogP contribution is 2.25. The summed E-state index contributed by atoms with van der Waals surface area (Å²) in [4.78, 5) is 21.4. The number of hydrogen-bond donors (Lipinski definition) is 1. The number of amides is 1. The largest absolute Gasteiger partial charge is 0.339 e. The highest BCUT2D eigenvalue weighted by atomic mass is 32.2. The maximum Gasteiger partial charge on any atom is 0.241 e. The number of likely N-dealkylation sites (N-methyl/N-ethyl adjacent to an activating group) is 1. The molecule has 2 heterocycles. The van der Waals surface area contributed by atoms with Crippen LogP contribution in [0.25, 0.3) is 10.2 Å². The molecule has 0 saturated carbocycles. The summed E-state index contributed by atoms with van der Waals surface area (Å²) in [6.07, 6.45) is 0. The van der Waals surface area contributed by atoms with Crippen molar-refractivity contribution in [2.45, 2.75) is 31.7 Å². The molecule has 2 aromatic rings. The molecule has 0 radical (unpaired) electrons. The minimum Gasteiger partial charge on any atom is -0.339 e. The van der Waals surface area contributed by atoms with E-state index in [4.69, 9.17) is 0 Å². The minimum atomic E-state index is -3.81. The third-order valence-electron chi connectivity index (χ3n) is 4.81. The van der Waals surface area contributed by atoms with Crippen molar-refractivity contribution < 1.29 is 13.2 Å². The van der Waals surface area contributed by atoms with Crippen LogP contribution in [0.2, 0.25) is 0 Å². The van der Waals surface area contributed by atoms with Crippen LogP contribution in [0, 0.1) is 12.8 Å². The number of fused-ring (bicyclic) bond motifs is 1. The summed E-state index contributed by atoms with van der Waals surface area (Å²) >= 11 is 1.45. The van der Waals surface area contributed by atoms with Crippen LogP contribution >= 0.6 is 11.3 Å². The van der Waals surface area contributed by atoms with Gasteiger partial charge in [-0.3, -0.25) is 4.79 Å². The third-order valence-corrected chi connectivity index (χ3v) is 7.18. The van der Waals surface area contributed by atoms with Crippen LogP contribution < -0.4 is 4.72 Å². The molecule has 7 nitrogen and oxygen atoms in total. The lowest BCUT2D eigenvalue weighted by atomic mass is 10.0. The van der Waals surface area contributed by atoms with Gasteiger partial charge >= 0.3 is 0 Å². The zero-order valence-electron chi connectivity index (χ0n) is 16.1. The molecule has 1 aromatic carbocycles. The van der Waals surface area contributed by atoms with E-state index >= 15 is 0 Å². The Morgan fingerprint density at radius 1 is 1.22 bits per heavy atom.